The number of aliphatic hydroxyl groups is 1. The minimum absolute atomic E-state index is 0.133. The SMILES string of the molecule is CCNC(C)(CO)CC(C)n1ccnc1-c1cccs1. The molecule has 0 aliphatic rings. The van der Waals surface area contributed by atoms with Crippen LogP contribution in [-0.2, 0) is 0 Å². The first kappa shape index (κ1) is 15.2. The number of thiophene rings is 1. The van der Waals surface area contributed by atoms with Gasteiger partial charge in [-0.05, 0) is 38.3 Å². The first-order chi connectivity index (χ1) is 9.59. The summed E-state index contributed by atoms with van der Waals surface area (Å²) in [5, 5.41) is 15.1. The molecule has 5 heteroatoms. The molecule has 0 radical (unpaired) electrons. The van der Waals surface area contributed by atoms with Crippen molar-refractivity contribution in [2.45, 2.75) is 38.8 Å². The van der Waals surface area contributed by atoms with Gasteiger partial charge in [0.25, 0.3) is 0 Å². The van der Waals surface area contributed by atoms with Gasteiger partial charge in [0.15, 0.2) is 0 Å². The third-order valence-electron chi connectivity index (χ3n) is 3.58. The second kappa shape index (κ2) is 6.52. The Kier molecular flexibility index (Phi) is 4.96. The van der Waals surface area contributed by atoms with Crippen molar-refractivity contribution in [2.75, 3.05) is 13.2 Å². The zero-order valence-corrected chi connectivity index (χ0v) is 13.2. The number of rotatable bonds is 7. The summed E-state index contributed by atoms with van der Waals surface area (Å²) in [7, 11) is 0. The fraction of sp³-hybridized carbons (Fsp3) is 0.533. The molecule has 0 bridgehead atoms. The lowest BCUT2D eigenvalue weighted by Gasteiger charge is -2.32. The maximum atomic E-state index is 9.63. The van der Waals surface area contributed by atoms with Crippen molar-refractivity contribution >= 4 is 11.3 Å². The molecule has 4 nitrogen and oxygen atoms in total. The molecule has 2 heterocycles. The van der Waals surface area contributed by atoms with E-state index in [-0.39, 0.29) is 18.2 Å². The molecule has 0 saturated carbocycles. The van der Waals surface area contributed by atoms with Gasteiger partial charge < -0.3 is 15.0 Å². The highest BCUT2D eigenvalue weighted by Crippen LogP contribution is 2.28. The largest absolute Gasteiger partial charge is 0.394 e. The number of hydrogen-bond acceptors (Lipinski definition) is 4. The lowest BCUT2D eigenvalue weighted by molar-refractivity contribution is 0.153. The van der Waals surface area contributed by atoms with E-state index in [1.165, 1.54) is 4.88 Å². The topological polar surface area (TPSA) is 50.1 Å². The molecule has 2 aromatic rings. The molecule has 0 spiro atoms. The van der Waals surface area contributed by atoms with Crippen molar-refractivity contribution in [1.82, 2.24) is 14.9 Å². The molecule has 0 aliphatic heterocycles. The number of aromatic nitrogens is 2. The Morgan fingerprint density at radius 2 is 2.35 bits per heavy atom. The second-order valence-corrected chi connectivity index (χ2v) is 6.39. The first-order valence-corrected chi connectivity index (χ1v) is 7.90. The van der Waals surface area contributed by atoms with Crippen LogP contribution in [0.2, 0.25) is 0 Å². The van der Waals surface area contributed by atoms with Gasteiger partial charge in [-0.2, -0.15) is 0 Å². The number of nitrogens with zero attached hydrogens (tertiary/aromatic N) is 2. The van der Waals surface area contributed by atoms with Crippen LogP contribution >= 0.6 is 11.3 Å². The molecule has 2 atom stereocenters. The first-order valence-electron chi connectivity index (χ1n) is 7.02. The third kappa shape index (κ3) is 3.29. The van der Waals surface area contributed by atoms with Gasteiger partial charge in [-0.15, -0.1) is 11.3 Å². The predicted molar refractivity (Wildman–Crippen MR) is 84.0 cm³/mol. The van der Waals surface area contributed by atoms with Crippen LogP contribution in [0.1, 0.15) is 33.2 Å². The van der Waals surface area contributed by atoms with Crippen molar-refractivity contribution in [2.24, 2.45) is 0 Å². The van der Waals surface area contributed by atoms with Gasteiger partial charge in [0, 0.05) is 24.0 Å². The number of likely N-dealkylation sites (N-methyl/N-ethyl adjacent to an activating group) is 1. The monoisotopic (exact) mass is 293 g/mol. The molecule has 0 saturated heterocycles. The fourth-order valence-electron chi connectivity index (χ4n) is 2.64. The van der Waals surface area contributed by atoms with Gasteiger partial charge in [0.1, 0.15) is 5.82 Å². The molecule has 2 rings (SSSR count). The third-order valence-corrected chi connectivity index (χ3v) is 4.45. The van der Waals surface area contributed by atoms with Gasteiger partial charge in [-0.3, -0.25) is 0 Å². The highest BCUT2D eigenvalue weighted by molar-refractivity contribution is 7.13. The normalized spacial score (nSPS) is 16.0. The summed E-state index contributed by atoms with van der Waals surface area (Å²) in [5.41, 5.74) is -0.259. The molecule has 20 heavy (non-hydrogen) atoms. The smallest absolute Gasteiger partial charge is 0.150 e. The summed E-state index contributed by atoms with van der Waals surface area (Å²) in [6.07, 6.45) is 4.71. The average molecular weight is 293 g/mol. The summed E-state index contributed by atoms with van der Waals surface area (Å²) in [6.45, 7) is 7.28. The zero-order valence-electron chi connectivity index (χ0n) is 12.3. The Morgan fingerprint density at radius 1 is 1.55 bits per heavy atom. The second-order valence-electron chi connectivity index (χ2n) is 5.44. The van der Waals surface area contributed by atoms with Gasteiger partial charge in [0.05, 0.1) is 11.5 Å². The van der Waals surface area contributed by atoms with E-state index in [2.05, 4.69) is 47.1 Å². The van der Waals surface area contributed by atoms with Gasteiger partial charge in [-0.1, -0.05) is 13.0 Å². The molecule has 110 valence electrons. The number of imidazole rings is 1. The highest BCUT2D eigenvalue weighted by Gasteiger charge is 2.26. The maximum absolute atomic E-state index is 9.63. The number of hydrogen-bond donors (Lipinski definition) is 2. The van der Waals surface area contributed by atoms with Crippen molar-refractivity contribution < 1.29 is 5.11 Å². The Balaban J connectivity index is 2.18. The van der Waals surface area contributed by atoms with E-state index >= 15 is 0 Å². The van der Waals surface area contributed by atoms with E-state index in [1.807, 2.05) is 18.5 Å². The molecule has 0 aliphatic carbocycles. The fourth-order valence-corrected chi connectivity index (χ4v) is 3.36. The Hall–Kier alpha value is -1.17. The summed E-state index contributed by atoms with van der Waals surface area (Å²) < 4.78 is 2.19. The quantitative estimate of drug-likeness (QED) is 0.825. The molecule has 2 unspecified atom stereocenters. The lowest BCUT2D eigenvalue weighted by atomic mass is 9.94. The highest BCUT2D eigenvalue weighted by atomic mass is 32.1. The van der Waals surface area contributed by atoms with E-state index in [1.54, 1.807) is 11.3 Å². The molecule has 0 amide bonds. The van der Waals surface area contributed by atoms with Crippen molar-refractivity contribution in [3.05, 3.63) is 29.9 Å². The van der Waals surface area contributed by atoms with E-state index in [0.717, 1.165) is 18.8 Å². The Morgan fingerprint density at radius 3 is 2.95 bits per heavy atom. The number of nitrogens with one attached hydrogen (secondary N) is 1. The van der Waals surface area contributed by atoms with E-state index in [0.29, 0.717) is 0 Å². The summed E-state index contributed by atoms with van der Waals surface area (Å²) in [5.74, 6) is 1.00. The van der Waals surface area contributed by atoms with Crippen LogP contribution in [0.4, 0.5) is 0 Å². The van der Waals surface area contributed by atoms with Crippen molar-refractivity contribution in [3.63, 3.8) is 0 Å². The Labute approximate surface area is 124 Å². The van der Waals surface area contributed by atoms with Crippen LogP contribution in [0.3, 0.4) is 0 Å². The van der Waals surface area contributed by atoms with Crippen LogP contribution in [0.5, 0.6) is 0 Å². The van der Waals surface area contributed by atoms with Gasteiger partial charge >= 0.3 is 0 Å². The molecule has 2 aromatic heterocycles. The van der Waals surface area contributed by atoms with Crippen LogP contribution < -0.4 is 5.32 Å². The zero-order chi connectivity index (χ0) is 14.6. The number of aliphatic hydroxyl groups excluding tert-OH is 1. The van der Waals surface area contributed by atoms with Crippen LogP contribution in [0.25, 0.3) is 10.7 Å². The summed E-state index contributed by atoms with van der Waals surface area (Å²) in [4.78, 5) is 5.65. The summed E-state index contributed by atoms with van der Waals surface area (Å²) >= 11 is 1.70. The minimum atomic E-state index is -0.259. The van der Waals surface area contributed by atoms with Crippen molar-refractivity contribution in [1.29, 1.82) is 0 Å². The molecule has 0 aromatic carbocycles. The van der Waals surface area contributed by atoms with Crippen LogP contribution in [0, 0.1) is 0 Å². The van der Waals surface area contributed by atoms with E-state index in [4.69, 9.17) is 0 Å². The maximum Gasteiger partial charge on any atom is 0.150 e. The molecule has 0 fully saturated rings. The average Bonchev–Trinajstić information content (AvgIpc) is 3.09. The van der Waals surface area contributed by atoms with E-state index < -0.39 is 0 Å². The van der Waals surface area contributed by atoms with Crippen LogP contribution in [-0.4, -0.2) is 33.3 Å². The molecule has 2 N–H and O–H groups in total. The standard InChI is InChI=1S/C15H23N3OS/c1-4-17-15(3,11-19)10-12(2)18-8-7-16-14(18)13-6-5-9-20-13/h5-9,12,17,19H,4,10-11H2,1-3H3. The van der Waals surface area contributed by atoms with Crippen LogP contribution in [0.15, 0.2) is 29.9 Å². The van der Waals surface area contributed by atoms with Crippen molar-refractivity contribution in [3.8, 4) is 10.7 Å². The Bertz CT molecular complexity index is 523. The van der Waals surface area contributed by atoms with Gasteiger partial charge in [-0.25, -0.2) is 4.98 Å². The molecular weight excluding hydrogens is 270 g/mol. The lowest BCUT2D eigenvalue weighted by Crippen LogP contribution is -2.47. The van der Waals surface area contributed by atoms with Gasteiger partial charge in [0.2, 0.25) is 0 Å². The minimum Gasteiger partial charge on any atom is -0.394 e. The van der Waals surface area contributed by atoms with E-state index in [9.17, 15) is 5.11 Å². The summed E-state index contributed by atoms with van der Waals surface area (Å²) in [6, 6.07) is 4.40. The molecular formula is C15H23N3OS. The predicted octanol–water partition coefficient (Wildman–Crippen LogP) is 2.92.